The quantitative estimate of drug-likeness (QED) is 0.385. The molecule has 0 radical (unpaired) electrons. The molecule has 10 heteroatoms. The number of piperidine rings is 1. The number of hydrogen-bond donors (Lipinski definition) is 1. The molecular formula is C29H33FN6O3. The number of aromatic nitrogens is 3. The first-order valence-corrected chi connectivity index (χ1v) is 13.1. The average molecular weight is 533 g/mol. The summed E-state index contributed by atoms with van der Waals surface area (Å²) in [7, 11) is 3.19. The van der Waals surface area contributed by atoms with E-state index in [1.165, 1.54) is 6.33 Å². The highest BCUT2D eigenvalue weighted by atomic mass is 19.1. The molecule has 2 aliphatic rings. The Morgan fingerprint density at radius 1 is 1.10 bits per heavy atom. The fourth-order valence-corrected chi connectivity index (χ4v) is 5.16. The lowest BCUT2D eigenvalue weighted by Gasteiger charge is -2.27. The smallest absolute Gasteiger partial charge is 0.246 e. The van der Waals surface area contributed by atoms with Crippen LogP contribution in [0.15, 0.2) is 42.9 Å². The number of rotatable bonds is 6. The van der Waals surface area contributed by atoms with Crippen molar-refractivity contribution in [3.05, 3.63) is 54.0 Å². The number of methoxy groups -OCH3 is 2. The van der Waals surface area contributed by atoms with Crippen LogP contribution >= 0.6 is 0 Å². The number of hydrogen-bond acceptors (Lipinski definition) is 7. The molecule has 0 aliphatic carbocycles. The molecule has 0 unspecified atom stereocenters. The Labute approximate surface area is 227 Å². The maximum Gasteiger partial charge on any atom is 0.246 e. The minimum atomic E-state index is -0.698. The Kier molecular flexibility index (Phi) is 7.98. The SMILES string of the molecule is COc1cc(C#Cc2cn([C@H]3CCN(C(=O)/C=C/CN4CCC(F)CC4)C3)c3ncnc(N)c23)cc(OC)c1. The summed E-state index contributed by atoms with van der Waals surface area (Å²) in [4.78, 5) is 25.6. The van der Waals surface area contributed by atoms with Gasteiger partial charge in [-0.15, -0.1) is 0 Å². The maximum absolute atomic E-state index is 13.3. The van der Waals surface area contributed by atoms with Gasteiger partial charge in [-0.1, -0.05) is 17.9 Å². The van der Waals surface area contributed by atoms with Crippen LogP contribution < -0.4 is 15.2 Å². The molecule has 1 amide bonds. The summed E-state index contributed by atoms with van der Waals surface area (Å²) in [6.45, 7) is 3.33. The monoisotopic (exact) mass is 532 g/mol. The van der Waals surface area contributed by atoms with Gasteiger partial charge in [-0.05, 0) is 31.4 Å². The molecule has 2 aromatic heterocycles. The molecule has 2 aliphatic heterocycles. The van der Waals surface area contributed by atoms with Gasteiger partial charge in [0, 0.05) is 56.6 Å². The molecule has 4 heterocycles. The zero-order valence-electron chi connectivity index (χ0n) is 22.3. The van der Waals surface area contributed by atoms with Gasteiger partial charge >= 0.3 is 0 Å². The van der Waals surface area contributed by atoms with Crippen LogP contribution in [-0.2, 0) is 4.79 Å². The van der Waals surface area contributed by atoms with Crippen molar-refractivity contribution in [3.63, 3.8) is 0 Å². The Hall–Kier alpha value is -4.10. The normalized spacial score (nSPS) is 18.4. The second-order valence-corrected chi connectivity index (χ2v) is 9.86. The summed E-state index contributed by atoms with van der Waals surface area (Å²) >= 11 is 0. The van der Waals surface area contributed by atoms with Crippen LogP contribution in [0.5, 0.6) is 11.5 Å². The van der Waals surface area contributed by atoms with Crippen molar-refractivity contribution in [2.45, 2.75) is 31.5 Å². The van der Waals surface area contributed by atoms with Crippen LogP contribution in [0.4, 0.5) is 10.2 Å². The number of ether oxygens (including phenoxy) is 2. The zero-order chi connectivity index (χ0) is 27.4. The first-order chi connectivity index (χ1) is 18.9. The van der Waals surface area contributed by atoms with E-state index in [0.717, 1.165) is 25.1 Å². The molecule has 9 nitrogen and oxygen atoms in total. The number of fused-ring (bicyclic) bond motifs is 1. The molecule has 2 saturated heterocycles. The van der Waals surface area contributed by atoms with E-state index in [2.05, 4.69) is 31.3 Å². The summed E-state index contributed by atoms with van der Waals surface area (Å²) in [6.07, 6.45) is 8.13. The minimum absolute atomic E-state index is 0.0181. The number of nitrogens with two attached hydrogens (primary N) is 1. The van der Waals surface area contributed by atoms with Gasteiger partial charge < -0.3 is 24.7 Å². The van der Waals surface area contributed by atoms with Crippen LogP contribution in [0.25, 0.3) is 11.0 Å². The lowest BCUT2D eigenvalue weighted by Crippen LogP contribution is -2.34. The van der Waals surface area contributed by atoms with E-state index in [9.17, 15) is 9.18 Å². The lowest BCUT2D eigenvalue weighted by atomic mass is 10.1. The number of nitrogen functional groups attached to an aromatic ring is 1. The fraction of sp³-hybridized carbons (Fsp3) is 0.414. The van der Waals surface area contributed by atoms with E-state index >= 15 is 0 Å². The van der Waals surface area contributed by atoms with Crippen molar-refractivity contribution in [2.24, 2.45) is 0 Å². The number of likely N-dealkylation sites (tertiary alicyclic amines) is 2. The number of halogens is 1. The predicted octanol–water partition coefficient (Wildman–Crippen LogP) is 3.19. The van der Waals surface area contributed by atoms with E-state index in [4.69, 9.17) is 15.2 Å². The third kappa shape index (κ3) is 5.99. The van der Waals surface area contributed by atoms with Crippen molar-refractivity contribution in [2.75, 3.05) is 52.7 Å². The van der Waals surface area contributed by atoms with Crippen molar-refractivity contribution in [1.82, 2.24) is 24.3 Å². The summed E-state index contributed by atoms with van der Waals surface area (Å²) in [5, 5.41) is 0.696. The van der Waals surface area contributed by atoms with Gasteiger partial charge in [0.2, 0.25) is 5.91 Å². The molecule has 0 bridgehead atoms. The highest BCUT2D eigenvalue weighted by Crippen LogP contribution is 2.31. The highest BCUT2D eigenvalue weighted by Gasteiger charge is 2.28. The third-order valence-corrected chi connectivity index (χ3v) is 7.34. The zero-order valence-corrected chi connectivity index (χ0v) is 22.3. The van der Waals surface area contributed by atoms with Crippen LogP contribution in [0.3, 0.4) is 0 Å². The summed E-state index contributed by atoms with van der Waals surface area (Å²) in [5.74, 6) is 8.05. The molecule has 204 valence electrons. The molecule has 0 saturated carbocycles. The van der Waals surface area contributed by atoms with Crippen molar-refractivity contribution in [1.29, 1.82) is 0 Å². The average Bonchev–Trinajstić information content (AvgIpc) is 3.59. The van der Waals surface area contributed by atoms with E-state index in [0.29, 0.717) is 66.4 Å². The molecule has 3 aromatic rings. The number of benzene rings is 1. The first-order valence-electron chi connectivity index (χ1n) is 13.1. The number of nitrogens with zero attached hydrogens (tertiary/aromatic N) is 5. The number of carbonyl (C=O) groups is 1. The Bertz CT molecular complexity index is 1410. The van der Waals surface area contributed by atoms with Gasteiger partial charge in [-0.3, -0.25) is 9.69 Å². The largest absolute Gasteiger partial charge is 0.497 e. The maximum atomic E-state index is 13.3. The highest BCUT2D eigenvalue weighted by molar-refractivity contribution is 5.92. The van der Waals surface area contributed by atoms with Crippen LogP contribution in [0, 0.1) is 11.8 Å². The molecule has 2 N–H and O–H groups in total. The van der Waals surface area contributed by atoms with Gasteiger partial charge in [0.05, 0.1) is 31.2 Å². The second kappa shape index (κ2) is 11.7. The summed E-state index contributed by atoms with van der Waals surface area (Å²) in [5.41, 5.74) is 8.41. The van der Waals surface area contributed by atoms with Gasteiger partial charge in [0.25, 0.3) is 0 Å². The summed E-state index contributed by atoms with van der Waals surface area (Å²) in [6, 6.07) is 5.51. The van der Waals surface area contributed by atoms with Gasteiger partial charge in [-0.25, -0.2) is 14.4 Å². The molecule has 1 atom stereocenters. The number of alkyl halides is 1. The topological polar surface area (TPSA) is 98.7 Å². The predicted molar refractivity (Wildman–Crippen MR) is 147 cm³/mol. The van der Waals surface area contributed by atoms with E-state index in [-0.39, 0.29) is 11.9 Å². The van der Waals surface area contributed by atoms with Crippen LogP contribution in [-0.4, -0.2) is 83.4 Å². The third-order valence-electron chi connectivity index (χ3n) is 7.34. The second-order valence-electron chi connectivity index (χ2n) is 9.86. The standard InChI is InChI=1S/C29H33FN6O3/c1-38-24-14-20(15-25(16-24)39-2)5-6-21-17-36(29-27(21)28(31)32-19-33-29)23-9-13-35(18-23)26(37)4-3-10-34-11-7-22(30)8-12-34/h3-4,14-17,19,22-23H,7-13,18H2,1-2H3,(H2,31,32,33)/b4-3+/t23-/m0/s1. The molecular weight excluding hydrogens is 499 g/mol. The number of amides is 1. The number of carbonyl (C=O) groups excluding carboxylic acids is 1. The van der Waals surface area contributed by atoms with E-state index in [1.807, 2.05) is 29.3 Å². The van der Waals surface area contributed by atoms with Crippen LogP contribution in [0.1, 0.15) is 36.4 Å². The van der Waals surface area contributed by atoms with Gasteiger partial charge in [-0.2, -0.15) is 0 Å². The Morgan fingerprint density at radius 3 is 2.56 bits per heavy atom. The van der Waals surface area contributed by atoms with Gasteiger partial charge in [0.1, 0.15) is 35.5 Å². The fourth-order valence-electron chi connectivity index (χ4n) is 5.16. The molecule has 2 fully saturated rings. The van der Waals surface area contributed by atoms with Crippen molar-refractivity contribution < 1.29 is 18.7 Å². The van der Waals surface area contributed by atoms with Gasteiger partial charge in [0.15, 0.2) is 0 Å². The molecule has 0 spiro atoms. The van der Waals surface area contributed by atoms with E-state index in [1.54, 1.807) is 26.4 Å². The Balaban J connectivity index is 1.33. The summed E-state index contributed by atoms with van der Waals surface area (Å²) < 4.78 is 26.1. The molecule has 39 heavy (non-hydrogen) atoms. The van der Waals surface area contributed by atoms with Crippen molar-refractivity contribution >= 4 is 22.8 Å². The molecule has 5 rings (SSSR count). The first kappa shape index (κ1) is 26.5. The lowest BCUT2D eigenvalue weighted by molar-refractivity contribution is -0.125. The van der Waals surface area contributed by atoms with E-state index < -0.39 is 6.17 Å². The molecule has 1 aromatic carbocycles. The van der Waals surface area contributed by atoms with Crippen LogP contribution in [0.2, 0.25) is 0 Å². The van der Waals surface area contributed by atoms with Crippen molar-refractivity contribution in [3.8, 4) is 23.3 Å². The number of anilines is 1. The Morgan fingerprint density at radius 2 is 1.85 bits per heavy atom. The minimum Gasteiger partial charge on any atom is -0.497 e.